The number of hydrogen-bond acceptors (Lipinski definition) is 3. The molecule has 0 radical (unpaired) electrons. The molecular weight excluding hydrogens is 267 g/mol. The van der Waals surface area contributed by atoms with Gasteiger partial charge in [0.15, 0.2) is 0 Å². The number of nitrogens with zero attached hydrogens (tertiary/aromatic N) is 1. The molecule has 1 fully saturated rings. The first-order valence-corrected chi connectivity index (χ1v) is 7.59. The number of hydrogen-bond donors (Lipinski definition) is 1. The average Bonchev–Trinajstić information content (AvgIpc) is 2.70. The molecule has 1 aliphatic rings. The summed E-state index contributed by atoms with van der Waals surface area (Å²) in [5.41, 5.74) is 6.26. The van der Waals surface area contributed by atoms with Crippen molar-refractivity contribution in [1.82, 2.24) is 4.31 Å². The molecule has 1 aliphatic heterocycles. The minimum absolute atomic E-state index is 0.0618. The first-order valence-electron chi connectivity index (χ1n) is 5.98. The van der Waals surface area contributed by atoms with Crippen LogP contribution in [0.1, 0.15) is 17.5 Å². The predicted octanol–water partition coefficient (Wildman–Crippen LogP) is 0.671. The molecule has 0 amide bonds. The summed E-state index contributed by atoms with van der Waals surface area (Å²) in [6.45, 7) is 0.736. The Hall–Kier alpha value is -1.42. The van der Waals surface area contributed by atoms with Crippen molar-refractivity contribution < 1.29 is 12.8 Å². The zero-order valence-corrected chi connectivity index (χ0v) is 11.2. The van der Waals surface area contributed by atoms with Crippen molar-refractivity contribution in [3.8, 4) is 11.8 Å². The Balaban J connectivity index is 2.24. The highest BCUT2D eigenvalue weighted by Gasteiger charge is 2.28. The van der Waals surface area contributed by atoms with Gasteiger partial charge in [-0.2, -0.15) is 4.31 Å². The van der Waals surface area contributed by atoms with Gasteiger partial charge in [-0.25, -0.2) is 12.8 Å². The van der Waals surface area contributed by atoms with Gasteiger partial charge in [0.25, 0.3) is 0 Å². The summed E-state index contributed by atoms with van der Waals surface area (Å²) >= 11 is 0. The van der Waals surface area contributed by atoms with Crippen LogP contribution in [0.15, 0.2) is 18.2 Å². The van der Waals surface area contributed by atoms with E-state index in [1.54, 1.807) is 12.1 Å². The number of sulfonamides is 1. The van der Waals surface area contributed by atoms with Crippen LogP contribution in [0.5, 0.6) is 0 Å². The molecule has 2 rings (SSSR count). The van der Waals surface area contributed by atoms with E-state index in [9.17, 15) is 12.8 Å². The fourth-order valence-electron chi connectivity index (χ4n) is 1.99. The quantitative estimate of drug-likeness (QED) is 0.811. The van der Waals surface area contributed by atoms with Crippen LogP contribution in [-0.2, 0) is 16.6 Å². The minimum Gasteiger partial charge on any atom is -0.320 e. The Morgan fingerprint density at radius 3 is 2.84 bits per heavy atom. The van der Waals surface area contributed by atoms with Crippen LogP contribution >= 0.6 is 0 Å². The van der Waals surface area contributed by atoms with Crippen LogP contribution < -0.4 is 5.73 Å². The van der Waals surface area contributed by atoms with Crippen LogP contribution in [0.2, 0.25) is 0 Å². The number of benzene rings is 1. The van der Waals surface area contributed by atoms with Crippen LogP contribution in [0.3, 0.4) is 0 Å². The molecule has 0 unspecified atom stereocenters. The Kier molecular flexibility index (Phi) is 4.20. The first kappa shape index (κ1) is 14.0. The van der Waals surface area contributed by atoms with E-state index < -0.39 is 15.8 Å². The van der Waals surface area contributed by atoms with E-state index in [-0.39, 0.29) is 18.8 Å². The van der Waals surface area contributed by atoms with Gasteiger partial charge >= 0.3 is 0 Å². The second-order valence-corrected chi connectivity index (χ2v) is 6.40. The Labute approximate surface area is 112 Å². The number of nitrogens with two attached hydrogens (primary N) is 1. The summed E-state index contributed by atoms with van der Waals surface area (Å²) in [6.07, 6.45) is 0.594. The normalized spacial score (nSPS) is 18.0. The molecule has 0 saturated carbocycles. The predicted molar refractivity (Wildman–Crippen MR) is 71.1 cm³/mol. The van der Waals surface area contributed by atoms with Crippen molar-refractivity contribution in [1.29, 1.82) is 0 Å². The third-order valence-electron chi connectivity index (χ3n) is 2.93. The molecule has 0 bridgehead atoms. The van der Waals surface area contributed by atoms with Gasteiger partial charge in [-0.05, 0) is 24.6 Å². The zero-order chi connectivity index (χ0) is 13.9. The first-order chi connectivity index (χ1) is 9.03. The van der Waals surface area contributed by atoms with E-state index in [0.29, 0.717) is 24.1 Å². The lowest BCUT2D eigenvalue weighted by atomic mass is 10.1. The molecular formula is C13H15FN2O2S. The summed E-state index contributed by atoms with van der Waals surface area (Å²) in [4.78, 5) is 0. The second kappa shape index (κ2) is 5.70. The van der Waals surface area contributed by atoms with Crippen molar-refractivity contribution in [3.05, 3.63) is 35.1 Å². The van der Waals surface area contributed by atoms with Crippen LogP contribution in [0, 0.1) is 17.7 Å². The largest absolute Gasteiger partial charge is 0.320 e. The van der Waals surface area contributed by atoms with E-state index in [1.165, 1.54) is 10.4 Å². The highest BCUT2D eigenvalue weighted by atomic mass is 32.2. The fourth-order valence-corrected chi connectivity index (χ4v) is 3.48. The van der Waals surface area contributed by atoms with Crippen LogP contribution in [0.4, 0.5) is 4.39 Å². The standard InChI is InChI=1S/C13H15FN2O2S/c14-13-5-4-11(3-1-6-15)9-12(13)10-16-7-2-8-19(16,17)18/h4-5,9H,2,6-8,10,15H2. The van der Waals surface area contributed by atoms with Crippen molar-refractivity contribution >= 4 is 10.0 Å². The van der Waals surface area contributed by atoms with Crippen molar-refractivity contribution in [3.63, 3.8) is 0 Å². The van der Waals surface area contributed by atoms with Crippen LogP contribution in [0.25, 0.3) is 0 Å². The van der Waals surface area contributed by atoms with E-state index in [1.807, 2.05) is 0 Å². The number of rotatable bonds is 2. The monoisotopic (exact) mass is 282 g/mol. The topological polar surface area (TPSA) is 63.4 Å². The smallest absolute Gasteiger partial charge is 0.214 e. The van der Waals surface area contributed by atoms with E-state index in [0.717, 1.165) is 0 Å². The molecule has 4 nitrogen and oxygen atoms in total. The molecule has 6 heteroatoms. The summed E-state index contributed by atoms with van der Waals surface area (Å²) in [5, 5.41) is 0. The SMILES string of the molecule is NCC#Cc1ccc(F)c(CN2CCCS2(=O)=O)c1. The second-order valence-electron chi connectivity index (χ2n) is 4.32. The zero-order valence-electron chi connectivity index (χ0n) is 10.4. The molecule has 1 saturated heterocycles. The Bertz CT molecular complexity index is 632. The molecule has 19 heavy (non-hydrogen) atoms. The molecule has 1 heterocycles. The highest BCUT2D eigenvalue weighted by molar-refractivity contribution is 7.89. The van der Waals surface area contributed by atoms with Crippen molar-refractivity contribution in [2.75, 3.05) is 18.8 Å². The highest BCUT2D eigenvalue weighted by Crippen LogP contribution is 2.19. The third kappa shape index (κ3) is 3.32. The average molecular weight is 282 g/mol. The molecule has 1 aromatic carbocycles. The molecule has 1 aromatic rings. The van der Waals surface area contributed by atoms with Crippen molar-refractivity contribution in [2.45, 2.75) is 13.0 Å². The maximum Gasteiger partial charge on any atom is 0.214 e. The molecule has 0 aromatic heterocycles. The van der Waals surface area contributed by atoms with Gasteiger partial charge in [0.1, 0.15) is 5.82 Å². The van der Waals surface area contributed by atoms with Crippen molar-refractivity contribution in [2.24, 2.45) is 5.73 Å². The van der Waals surface area contributed by atoms with E-state index in [2.05, 4.69) is 11.8 Å². The summed E-state index contributed by atoms with van der Waals surface area (Å²) < 4.78 is 38.4. The third-order valence-corrected chi connectivity index (χ3v) is 4.83. The van der Waals surface area contributed by atoms with Crippen LogP contribution in [-0.4, -0.2) is 31.6 Å². The minimum atomic E-state index is -3.22. The molecule has 0 atom stereocenters. The Morgan fingerprint density at radius 1 is 1.42 bits per heavy atom. The maximum atomic E-state index is 13.7. The van der Waals surface area contributed by atoms with Gasteiger partial charge in [0.2, 0.25) is 10.0 Å². The van der Waals surface area contributed by atoms with Gasteiger partial charge in [0.05, 0.1) is 12.3 Å². The van der Waals surface area contributed by atoms with Gasteiger partial charge in [0, 0.05) is 24.2 Å². The van der Waals surface area contributed by atoms with E-state index in [4.69, 9.17) is 5.73 Å². The van der Waals surface area contributed by atoms with Gasteiger partial charge in [-0.15, -0.1) is 0 Å². The fraction of sp³-hybridized carbons (Fsp3) is 0.385. The Morgan fingerprint density at radius 2 is 2.21 bits per heavy atom. The molecule has 0 spiro atoms. The van der Waals surface area contributed by atoms with E-state index >= 15 is 0 Å². The molecule has 102 valence electrons. The van der Waals surface area contributed by atoms with Gasteiger partial charge in [-0.3, -0.25) is 0 Å². The molecule has 0 aliphatic carbocycles. The lowest BCUT2D eigenvalue weighted by Gasteiger charge is -2.14. The van der Waals surface area contributed by atoms with Gasteiger partial charge in [-0.1, -0.05) is 11.8 Å². The lowest BCUT2D eigenvalue weighted by Crippen LogP contribution is -2.25. The summed E-state index contributed by atoms with van der Waals surface area (Å²) in [5.74, 6) is 5.22. The maximum absolute atomic E-state index is 13.7. The summed E-state index contributed by atoms with van der Waals surface area (Å²) in [6, 6.07) is 4.43. The summed E-state index contributed by atoms with van der Waals surface area (Å²) in [7, 11) is -3.22. The lowest BCUT2D eigenvalue weighted by molar-refractivity contribution is 0.430. The van der Waals surface area contributed by atoms with Gasteiger partial charge < -0.3 is 5.73 Å². The number of halogens is 1. The molecule has 2 N–H and O–H groups in total.